The fraction of sp³-hybridized carbons (Fsp3) is 0.450. The summed E-state index contributed by atoms with van der Waals surface area (Å²) in [6.45, 7) is 2.33. The van der Waals surface area contributed by atoms with E-state index in [9.17, 15) is 18.3 Å². The average Bonchev–Trinajstić information content (AvgIpc) is 3.24. The Morgan fingerprint density at radius 2 is 2.10 bits per heavy atom. The lowest BCUT2D eigenvalue weighted by Gasteiger charge is -2.32. The van der Waals surface area contributed by atoms with Crippen molar-refractivity contribution in [3.8, 4) is 17.0 Å². The van der Waals surface area contributed by atoms with Crippen molar-refractivity contribution < 1.29 is 23.0 Å². The van der Waals surface area contributed by atoms with Gasteiger partial charge >= 0.3 is 6.18 Å². The van der Waals surface area contributed by atoms with Gasteiger partial charge in [-0.3, -0.25) is 4.90 Å². The van der Waals surface area contributed by atoms with E-state index in [0.29, 0.717) is 18.0 Å². The summed E-state index contributed by atoms with van der Waals surface area (Å²) in [5, 5.41) is 25.0. The van der Waals surface area contributed by atoms with E-state index in [1.54, 1.807) is 6.07 Å². The van der Waals surface area contributed by atoms with Crippen LogP contribution in [0.25, 0.3) is 16.8 Å². The summed E-state index contributed by atoms with van der Waals surface area (Å²) in [6.07, 6.45) is -1.21. The first-order valence-electron chi connectivity index (χ1n) is 9.96. The standard InChI is InChI=1S/C20H23F3N6O2/c1-31-14-4-5-15(16(11-14)20(21,22)23)18-17-6-7-24-29(17)19(27-26-18)25-13-3-2-8-28(12-13)9-10-30/h4-7,11,13,30H,2-3,8-10,12H2,1H3,(H,25,27)/t13-/m1/s1. The number of hydrogen-bond acceptors (Lipinski definition) is 7. The van der Waals surface area contributed by atoms with E-state index in [-0.39, 0.29) is 29.7 Å². The zero-order valence-corrected chi connectivity index (χ0v) is 16.9. The summed E-state index contributed by atoms with van der Waals surface area (Å²) in [5.74, 6) is 0.471. The number of aliphatic hydroxyl groups excluding tert-OH is 1. The maximum Gasteiger partial charge on any atom is 0.417 e. The largest absolute Gasteiger partial charge is 0.497 e. The summed E-state index contributed by atoms with van der Waals surface area (Å²) in [5.41, 5.74) is -0.443. The minimum Gasteiger partial charge on any atom is -0.497 e. The number of nitrogens with one attached hydrogen (secondary N) is 1. The Labute approximate surface area is 176 Å². The Hall–Kier alpha value is -2.92. The zero-order valence-electron chi connectivity index (χ0n) is 16.9. The third-order valence-electron chi connectivity index (χ3n) is 5.37. The normalized spacial score (nSPS) is 17.8. The van der Waals surface area contributed by atoms with Crippen LogP contribution in [-0.4, -0.2) is 69.2 Å². The van der Waals surface area contributed by atoms with Crippen molar-refractivity contribution >= 4 is 11.5 Å². The molecule has 2 N–H and O–H groups in total. The van der Waals surface area contributed by atoms with E-state index < -0.39 is 11.7 Å². The number of ether oxygens (including phenoxy) is 1. The van der Waals surface area contributed by atoms with Crippen molar-refractivity contribution in [1.82, 2.24) is 24.7 Å². The van der Waals surface area contributed by atoms with Gasteiger partial charge in [-0.05, 0) is 43.7 Å². The zero-order chi connectivity index (χ0) is 22.0. The molecule has 0 spiro atoms. The predicted molar refractivity (Wildman–Crippen MR) is 108 cm³/mol. The quantitative estimate of drug-likeness (QED) is 0.614. The molecule has 1 aliphatic heterocycles. The van der Waals surface area contributed by atoms with Crippen LogP contribution < -0.4 is 10.1 Å². The number of halogens is 3. The maximum absolute atomic E-state index is 13.7. The van der Waals surface area contributed by atoms with Crippen LogP contribution in [-0.2, 0) is 6.18 Å². The Morgan fingerprint density at radius 1 is 1.26 bits per heavy atom. The summed E-state index contributed by atoms with van der Waals surface area (Å²) < 4.78 is 47.5. The monoisotopic (exact) mass is 436 g/mol. The molecule has 0 bridgehead atoms. The number of fused-ring (bicyclic) bond motifs is 1. The van der Waals surface area contributed by atoms with Crippen molar-refractivity contribution in [2.75, 3.05) is 38.7 Å². The van der Waals surface area contributed by atoms with Gasteiger partial charge < -0.3 is 15.2 Å². The average molecular weight is 436 g/mol. The molecule has 1 atom stereocenters. The molecule has 3 aromatic rings. The number of hydrogen-bond donors (Lipinski definition) is 2. The third kappa shape index (κ3) is 4.42. The number of anilines is 1. The number of aliphatic hydroxyl groups is 1. The number of rotatable bonds is 6. The van der Waals surface area contributed by atoms with Crippen LogP contribution in [0.5, 0.6) is 5.75 Å². The second kappa shape index (κ2) is 8.67. The molecule has 2 aromatic heterocycles. The molecule has 0 aliphatic carbocycles. The van der Waals surface area contributed by atoms with Crippen LogP contribution in [0.4, 0.5) is 19.1 Å². The number of aromatic nitrogens is 4. The van der Waals surface area contributed by atoms with Crippen LogP contribution in [0, 0.1) is 0 Å². The number of methoxy groups -OCH3 is 1. The smallest absolute Gasteiger partial charge is 0.417 e. The molecule has 4 rings (SSSR count). The highest BCUT2D eigenvalue weighted by atomic mass is 19.4. The lowest BCUT2D eigenvalue weighted by Crippen LogP contribution is -2.43. The first kappa shape index (κ1) is 21.3. The minimum absolute atomic E-state index is 0.0690. The molecule has 1 aromatic carbocycles. The Bertz CT molecular complexity index is 1050. The summed E-state index contributed by atoms with van der Waals surface area (Å²) in [7, 11) is 1.32. The number of β-amino-alcohol motifs (C(OH)–C–C–N with tert-alkyl or cyclic N) is 1. The molecule has 3 heterocycles. The lowest BCUT2D eigenvalue weighted by atomic mass is 10.0. The van der Waals surface area contributed by atoms with Gasteiger partial charge in [0.25, 0.3) is 0 Å². The molecule has 1 aliphatic rings. The molecular weight excluding hydrogens is 413 g/mol. The van der Waals surface area contributed by atoms with E-state index in [1.807, 2.05) is 0 Å². The highest BCUT2D eigenvalue weighted by molar-refractivity contribution is 5.80. The molecule has 8 nitrogen and oxygen atoms in total. The molecule has 0 radical (unpaired) electrons. The van der Waals surface area contributed by atoms with Crippen molar-refractivity contribution in [3.63, 3.8) is 0 Å². The van der Waals surface area contributed by atoms with Crippen molar-refractivity contribution in [2.24, 2.45) is 0 Å². The van der Waals surface area contributed by atoms with Crippen molar-refractivity contribution in [1.29, 1.82) is 0 Å². The number of benzene rings is 1. The van der Waals surface area contributed by atoms with Gasteiger partial charge in [-0.2, -0.15) is 22.8 Å². The molecule has 0 saturated carbocycles. The van der Waals surface area contributed by atoms with Crippen LogP contribution in [0.15, 0.2) is 30.5 Å². The Morgan fingerprint density at radius 3 is 2.84 bits per heavy atom. The molecule has 1 saturated heterocycles. The number of nitrogens with zero attached hydrogens (tertiary/aromatic N) is 5. The Kier molecular flexibility index (Phi) is 5.96. The van der Waals surface area contributed by atoms with Crippen LogP contribution >= 0.6 is 0 Å². The highest BCUT2D eigenvalue weighted by Crippen LogP contribution is 2.39. The van der Waals surface area contributed by atoms with Crippen LogP contribution in [0.2, 0.25) is 0 Å². The highest BCUT2D eigenvalue weighted by Gasteiger charge is 2.35. The van der Waals surface area contributed by atoms with E-state index >= 15 is 0 Å². The summed E-state index contributed by atoms with van der Waals surface area (Å²) in [6, 6.07) is 5.43. The molecule has 1 fully saturated rings. The third-order valence-corrected chi connectivity index (χ3v) is 5.37. The van der Waals surface area contributed by atoms with E-state index in [0.717, 1.165) is 32.0 Å². The van der Waals surface area contributed by atoms with Gasteiger partial charge in [-0.1, -0.05) is 0 Å². The van der Waals surface area contributed by atoms with E-state index in [2.05, 4.69) is 25.5 Å². The summed E-state index contributed by atoms with van der Waals surface area (Å²) in [4.78, 5) is 2.15. The minimum atomic E-state index is -4.59. The summed E-state index contributed by atoms with van der Waals surface area (Å²) >= 11 is 0. The second-order valence-electron chi connectivity index (χ2n) is 7.42. The Balaban J connectivity index is 1.70. The van der Waals surface area contributed by atoms with Gasteiger partial charge in [-0.15, -0.1) is 10.2 Å². The van der Waals surface area contributed by atoms with Gasteiger partial charge in [-0.25, -0.2) is 0 Å². The topological polar surface area (TPSA) is 87.8 Å². The van der Waals surface area contributed by atoms with Crippen LogP contribution in [0.1, 0.15) is 18.4 Å². The first-order chi connectivity index (χ1) is 14.9. The lowest BCUT2D eigenvalue weighted by molar-refractivity contribution is -0.137. The van der Waals surface area contributed by atoms with E-state index in [4.69, 9.17) is 4.74 Å². The molecule has 166 valence electrons. The fourth-order valence-corrected chi connectivity index (χ4v) is 3.92. The number of likely N-dealkylation sites (tertiary alicyclic amines) is 1. The maximum atomic E-state index is 13.7. The molecule has 31 heavy (non-hydrogen) atoms. The van der Waals surface area contributed by atoms with Crippen molar-refractivity contribution in [2.45, 2.75) is 25.1 Å². The van der Waals surface area contributed by atoms with Gasteiger partial charge in [0, 0.05) is 24.7 Å². The fourth-order valence-electron chi connectivity index (χ4n) is 3.92. The molecule has 0 amide bonds. The molecular formula is C20H23F3N6O2. The second-order valence-corrected chi connectivity index (χ2v) is 7.42. The SMILES string of the molecule is COc1ccc(-c2nnc(N[C@@H]3CCCN(CCO)C3)n3nccc23)c(C(F)(F)F)c1. The van der Waals surface area contributed by atoms with E-state index in [1.165, 1.54) is 30.0 Å². The van der Waals surface area contributed by atoms with Gasteiger partial charge in [0.1, 0.15) is 11.4 Å². The number of alkyl halides is 3. The van der Waals surface area contributed by atoms with Gasteiger partial charge in [0.15, 0.2) is 0 Å². The van der Waals surface area contributed by atoms with Gasteiger partial charge in [0.2, 0.25) is 5.95 Å². The first-order valence-corrected chi connectivity index (χ1v) is 9.96. The van der Waals surface area contributed by atoms with Crippen LogP contribution in [0.3, 0.4) is 0 Å². The molecule has 0 unspecified atom stereocenters. The number of piperidine rings is 1. The predicted octanol–water partition coefficient (Wildman–Crippen LogP) is 2.69. The molecule has 11 heteroatoms. The van der Waals surface area contributed by atoms with Gasteiger partial charge in [0.05, 0.1) is 31.0 Å². The van der Waals surface area contributed by atoms with Crippen molar-refractivity contribution in [3.05, 3.63) is 36.0 Å².